The lowest BCUT2D eigenvalue weighted by molar-refractivity contribution is 0.281. The summed E-state index contributed by atoms with van der Waals surface area (Å²) in [6, 6.07) is 7.82. The molecule has 0 radical (unpaired) electrons. The van der Waals surface area contributed by atoms with E-state index >= 15 is 0 Å². The minimum absolute atomic E-state index is 0.0675. The van der Waals surface area contributed by atoms with Crippen molar-refractivity contribution in [2.45, 2.75) is 20.1 Å². The first-order chi connectivity index (χ1) is 8.29. The van der Waals surface area contributed by atoms with E-state index in [1.165, 1.54) is 0 Å². The molecule has 17 heavy (non-hydrogen) atoms. The molecule has 0 spiro atoms. The van der Waals surface area contributed by atoms with Crippen molar-refractivity contribution in [3.8, 4) is 0 Å². The lowest BCUT2D eigenvalue weighted by atomic mass is 10.1. The van der Waals surface area contributed by atoms with Crippen molar-refractivity contribution in [3.05, 3.63) is 53.5 Å². The average molecular weight is 229 g/mol. The van der Waals surface area contributed by atoms with Gasteiger partial charge >= 0.3 is 0 Å². The molecule has 1 aromatic heterocycles. The lowest BCUT2D eigenvalue weighted by Crippen LogP contribution is -2.04. The maximum Gasteiger partial charge on any atom is 0.147 e. The summed E-state index contributed by atoms with van der Waals surface area (Å²) in [6.07, 6.45) is 3.34. The summed E-state index contributed by atoms with van der Waals surface area (Å²) < 4.78 is 0. The van der Waals surface area contributed by atoms with Crippen molar-refractivity contribution >= 4 is 5.82 Å². The fourth-order valence-electron chi connectivity index (χ4n) is 1.60. The van der Waals surface area contributed by atoms with Crippen LogP contribution in [-0.4, -0.2) is 15.1 Å². The van der Waals surface area contributed by atoms with Crippen LogP contribution in [0.5, 0.6) is 0 Å². The topological polar surface area (TPSA) is 58.0 Å². The number of aliphatic hydroxyl groups is 1. The predicted molar refractivity (Wildman–Crippen MR) is 66.5 cm³/mol. The molecule has 0 aliphatic carbocycles. The number of hydrogen-bond acceptors (Lipinski definition) is 4. The van der Waals surface area contributed by atoms with Gasteiger partial charge in [0.2, 0.25) is 0 Å². The molecule has 2 N–H and O–H groups in total. The Morgan fingerprint density at radius 2 is 1.94 bits per heavy atom. The Morgan fingerprint density at radius 3 is 2.71 bits per heavy atom. The standard InChI is InChI=1S/C13H15N3O/c1-10-13(15-6-5-14-10)16-8-11-3-2-4-12(7-11)9-17/h2-7,17H,8-9H2,1H3,(H,15,16). The molecule has 0 saturated carbocycles. The molecule has 2 aromatic rings. The maximum absolute atomic E-state index is 9.05. The largest absolute Gasteiger partial charge is 0.392 e. The Morgan fingerprint density at radius 1 is 1.18 bits per heavy atom. The predicted octanol–water partition coefficient (Wildman–Crippen LogP) is 1.89. The second-order valence-corrected chi connectivity index (χ2v) is 3.82. The van der Waals surface area contributed by atoms with Crippen molar-refractivity contribution in [1.82, 2.24) is 9.97 Å². The molecule has 88 valence electrons. The molecule has 2 rings (SSSR count). The zero-order chi connectivity index (χ0) is 12.1. The highest BCUT2D eigenvalue weighted by Crippen LogP contribution is 2.10. The van der Waals surface area contributed by atoms with E-state index < -0.39 is 0 Å². The molecular weight excluding hydrogens is 214 g/mol. The Kier molecular flexibility index (Phi) is 3.67. The Hall–Kier alpha value is -1.94. The van der Waals surface area contributed by atoms with E-state index in [2.05, 4.69) is 15.3 Å². The SMILES string of the molecule is Cc1nccnc1NCc1cccc(CO)c1. The fraction of sp³-hybridized carbons (Fsp3) is 0.231. The number of rotatable bonds is 4. The zero-order valence-electron chi connectivity index (χ0n) is 9.72. The summed E-state index contributed by atoms with van der Waals surface area (Å²) in [6.45, 7) is 2.66. The van der Waals surface area contributed by atoms with Gasteiger partial charge in [0, 0.05) is 18.9 Å². The van der Waals surface area contributed by atoms with E-state index in [0.29, 0.717) is 6.54 Å². The van der Waals surface area contributed by atoms with E-state index in [1.54, 1.807) is 12.4 Å². The van der Waals surface area contributed by atoms with Gasteiger partial charge < -0.3 is 10.4 Å². The van der Waals surface area contributed by atoms with Crippen molar-refractivity contribution in [1.29, 1.82) is 0 Å². The zero-order valence-corrected chi connectivity index (χ0v) is 9.72. The normalized spacial score (nSPS) is 10.2. The van der Waals surface area contributed by atoms with Gasteiger partial charge in [0.1, 0.15) is 5.82 Å². The highest BCUT2D eigenvalue weighted by molar-refractivity contribution is 5.39. The molecule has 4 nitrogen and oxygen atoms in total. The summed E-state index contributed by atoms with van der Waals surface area (Å²) in [5.74, 6) is 0.793. The van der Waals surface area contributed by atoms with E-state index in [4.69, 9.17) is 5.11 Å². The number of hydrogen-bond donors (Lipinski definition) is 2. The van der Waals surface area contributed by atoms with Crippen LogP contribution in [0.2, 0.25) is 0 Å². The number of nitrogens with one attached hydrogen (secondary N) is 1. The van der Waals surface area contributed by atoms with Crippen LogP contribution in [0.25, 0.3) is 0 Å². The van der Waals surface area contributed by atoms with Gasteiger partial charge in [-0.2, -0.15) is 0 Å². The van der Waals surface area contributed by atoms with E-state index in [-0.39, 0.29) is 6.61 Å². The summed E-state index contributed by atoms with van der Waals surface area (Å²) in [5.41, 5.74) is 2.91. The van der Waals surface area contributed by atoms with Gasteiger partial charge in [0.15, 0.2) is 0 Å². The third-order valence-corrected chi connectivity index (χ3v) is 2.52. The van der Waals surface area contributed by atoms with Gasteiger partial charge in [-0.3, -0.25) is 4.98 Å². The van der Waals surface area contributed by atoms with Gasteiger partial charge in [-0.05, 0) is 18.1 Å². The Bertz CT molecular complexity index is 500. The molecule has 0 aliphatic heterocycles. The molecule has 4 heteroatoms. The first kappa shape index (κ1) is 11.5. The summed E-state index contributed by atoms with van der Waals surface area (Å²) in [4.78, 5) is 8.37. The monoisotopic (exact) mass is 229 g/mol. The molecule has 0 aliphatic rings. The summed E-state index contributed by atoms with van der Waals surface area (Å²) in [5, 5.41) is 12.3. The van der Waals surface area contributed by atoms with Crippen LogP contribution in [0.3, 0.4) is 0 Å². The van der Waals surface area contributed by atoms with Crippen LogP contribution in [-0.2, 0) is 13.2 Å². The van der Waals surface area contributed by atoms with Crippen LogP contribution >= 0.6 is 0 Å². The van der Waals surface area contributed by atoms with Gasteiger partial charge in [0.25, 0.3) is 0 Å². The number of benzene rings is 1. The lowest BCUT2D eigenvalue weighted by Gasteiger charge is -2.08. The van der Waals surface area contributed by atoms with Gasteiger partial charge in [-0.25, -0.2) is 4.98 Å². The van der Waals surface area contributed by atoms with Gasteiger partial charge in [-0.1, -0.05) is 24.3 Å². The van der Waals surface area contributed by atoms with Gasteiger partial charge in [-0.15, -0.1) is 0 Å². The molecule has 0 fully saturated rings. The third-order valence-electron chi connectivity index (χ3n) is 2.52. The van der Waals surface area contributed by atoms with Crippen LogP contribution < -0.4 is 5.32 Å². The molecule has 0 atom stereocenters. The third kappa shape index (κ3) is 3.01. The van der Waals surface area contributed by atoms with Crippen LogP contribution in [0.1, 0.15) is 16.8 Å². The van der Waals surface area contributed by atoms with Crippen molar-refractivity contribution < 1.29 is 5.11 Å². The second kappa shape index (κ2) is 5.41. The van der Waals surface area contributed by atoms with Crippen LogP contribution in [0.4, 0.5) is 5.82 Å². The van der Waals surface area contributed by atoms with Crippen molar-refractivity contribution in [2.75, 3.05) is 5.32 Å². The average Bonchev–Trinajstić information content (AvgIpc) is 2.38. The minimum atomic E-state index is 0.0675. The van der Waals surface area contributed by atoms with Crippen LogP contribution in [0.15, 0.2) is 36.7 Å². The molecule has 1 aromatic carbocycles. The van der Waals surface area contributed by atoms with E-state index in [0.717, 1.165) is 22.6 Å². The summed E-state index contributed by atoms with van der Waals surface area (Å²) in [7, 11) is 0. The summed E-state index contributed by atoms with van der Waals surface area (Å²) >= 11 is 0. The highest BCUT2D eigenvalue weighted by atomic mass is 16.3. The maximum atomic E-state index is 9.05. The molecule has 0 unspecified atom stereocenters. The quantitative estimate of drug-likeness (QED) is 0.840. The Balaban J connectivity index is 2.05. The first-order valence-corrected chi connectivity index (χ1v) is 5.50. The molecule has 1 heterocycles. The number of anilines is 1. The smallest absolute Gasteiger partial charge is 0.147 e. The Labute approximate surface area is 100 Å². The van der Waals surface area contributed by atoms with Crippen molar-refractivity contribution in [3.63, 3.8) is 0 Å². The minimum Gasteiger partial charge on any atom is -0.392 e. The van der Waals surface area contributed by atoms with E-state index in [9.17, 15) is 0 Å². The first-order valence-electron chi connectivity index (χ1n) is 5.50. The highest BCUT2D eigenvalue weighted by Gasteiger charge is 2.00. The van der Waals surface area contributed by atoms with Crippen molar-refractivity contribution in [2.24, 2.45) is 0 Å². The number of nitrogens with zero attached hydrogens (tertiary/aromatic N) is 2. The number of aromatic nitrogens is 2. The second-order valence-electron chi connectivity index (χ2n) is 3.82. The number of aryl methyl sites for hydroxylation is 1. The van der Waals surface area contributed by atoms with Gasteiger partial charge in [0.05, 0.1) is 12.3 Å². The fourth-order valence-corrected chi connectivity index (χ4v) is 1.60. The molecule has 0 amide bonds. The molecule has 0 saturated heterocycles. The molecule has 0 bridgehead atoms. The van der Waals surface area contributed by atoms with Crippen LogP contribution in [0, 0.1) is 6.92 Å². The molecular formula is C13H15N3O. The number of aliphatic hydroxyl groups excluding tert-OH is 1. The van der Waals surface area contributed by atoms with E-state index in [1.807, 2.05) is 31.2 Å².